The first-order valence-electron chi connectivity index (χ1n) is 5.44. The highest BCUT2D eigenvalue weighted by molar-refractivity contribution is 8.23. The third-order valence-electron chi connectivity index (χ3n) is 2.47. The molecule has 94 valence electrons. The van der Waals surface area contributed by atoms with Crippen molar-refractivity contribution in [3.63, 3.8) is 0 Å². The Labute approximate surface area is 115 Å². The van der Waals surface area contributed by atoms with Crippen LogP contribution in [0.15, 0.2) is 30.3 Å². The minimum Gasteiger partial charge on any atom is -0.350 e. The first-order chi connectivity index (χ1) is 8.66. The minimum absolute atomic E-state index is 0.0114. The number of thiocarbonyl (C=S) groups is 1. The zero-order chi connectivity index (χ0) is 13.0. The maximum absolute atomic E-state index is 11.7. The van der Waals surface area contributed by atoms with Crippen LogP contribution in [-0.2, 0) is 16.1 Å². The Balaban J connectivity index is 1.82. The number of thioether (sulfide) groups is 1. The third-order valence-corrected chi connectivity index (χ3v) is 3.91. The maximum Gasteiger partial charge on any atom is 0.240 e. The van der Waals surface area contributed by atoms with E-state index in [4.69, 9.17) is 12.2 Å². The van der Waals surface area contributed by atoms with Crippen LogP contribution >= 0.6 is 24.0 Å². The van der Waals surface area contributed by atoms with Crippen molar-refractivity contribution in [3.05, 3.63) is 35.9 Å². The summed E-state index contributed by atoms with van der Waals surface area (Å²) < 4.78 is 0.481. The van der Waals surface area contributed by atoms with E-state index in [0.717, 1.165) is 5.56 Å². The molecule has 0 saturated carbocycles. The molecule has 6 heteroatoms. The molecule has 4 nitrogen and oxygen atoms in total. The summed E-state index contributed by atoms with van der Waals surface area (Å²) in [6.07, 6.45) is 0. The van der Waals surface area contributed by atoms with Crippen molar-refractivity contribution in [3.8, 4) is 0 Å². The van der Waals surface area contributed by atoms with Gasteiger partial charge in [0.2, 0.25) is 11.8 Å². The second kappa shape index (κ2) is 5.97. The molecule has 0 unspecified atom stereocenters. The molecule has 0 spiro atoms. The van der Waals surface area contributed by atoms with Gasteiger partial charge < -0.3 is 5.32 Å². The molecule has 1 fully saturated rings. The van der Waals surface area contributed by atoms with Crippen molar-refractivity contribution in [2.75, 3.05) is 12.3 Å². The van der Waals surface area contributed by atoms with Gasteiger partial charge in [-0.05, 0) is 5.56 Å². The van der Waals surface area contributed by atoms with Crippen LogP contribution in [0.3, 0.4) is 0 Å². The molecule has 1 N–H and O–H groups in total. The van der Waals surface area contributed by atoms with Crippen molar-refractivity contribution in [1.29, 1.82) is 0 Å². The van der Waals surface area contributed by atoms with Gasteiger partial charge in [0, 0.05) is 6.54 Å². The van der Waals surface area contributed by atoms with Crippen LogP contribution in [0.5, 0.6) is 0 Å². The van der Waals surface area contributed by atoms with Gasteiger partial charge in [-0.3, -0.25) is 14.5 Å². The van der Waals surface area contributed by atoms with E-state index in [1.165, 1.54) is 16.7 Å². The third kappa shape index (κ3) is 3.30. The lowest BCUT2D eigenvalue weighted by atomic mass is 10.2. The highest BCUT2D eigenvalue weighted by atomic mass is 32.2. The first-order valence-corrected chi connectivity index (χ1v) is 6.84. The Bertz CT molecular complexity index is 460. The number of rotatable bonds is 4. The highest BCUT2D eigenvalue weighted by Crippen LogP contribution is 2.18. The lowest BCUT2D eigenvalue weighted by Gasteiger charge is -2.14. The molecule has 2 rings (SSSR count). The average Bonchev–Trinajstić information content (AvgIpc) is 2.69. The van der Waals surface area contributed by atoms with E-state index in [2.05, 4.69) is 5.32 Å². The molecule has 1 aliphatic heterocycles. The zero-order valence-electron chi connectivity index (χ0n) is 9.59. The van der Waals surface area contributed by atoms with Crippen LogP contribution < -0.4 is 5.32 Å². The topological polar surface area (TPSA) is 49.4 Å². The van der Waals surface area contributed by atoms with Gasteiger partial charge in [-0.2, -0.15) is 0 Å². The number of nitrogens with zero attached hydrogens (tertiary/aromatic N) is 1. The van der Waals surface area contributed by atoms with E-state index in [1.54, 1.807) is 0 Å². The smallest absolute Gasteiger partial charge is 0.240 e. The Morgan fingerprint density at radius 2 is 2.11 bits per heavy atom. The second-order valence-corrected chi connectivity index (χ2v) is 5.41. The average molecular weight is 280 g/mol. The van der Waals surface area contributed by atoms with Crippen molar-refractivity contribution < 1.29 is 9.59 Å². The van der Waals surface area contributed by atoms with E-state index in [9.17, 15) is 9.59 Å². The summed E-state index contributed by atoms with van der Waals surface area (Å²) >= 11 is 6.30. The molecular weight excluding hydrogens is 268 g/mol. The summed E-state index contributed by atoms with van der Waals surface area (Å²) in [5, 5.41) is 2.77. The fourth-order valence-electron chi connectivity index (χ4n) is 1.53. The summed E-state index contributed by atoms with van der Waals surface area (Å²) in [4.78, 5) is 24.5. The number of benzene rings is 1. The largest absolute Gasteiger partial charge is 0.350 e. The standard InChI is InChI=1S/C12H12N2O2S2/c15-10(7-14-11(16)8-18-12(14)17)13-6-9-4-2-1-3-5-9/h1-5H,6-8H2,(H,13,15). The van der Waals surface area contributed by atoms with E-state index in [1.807, 2.05) is 30.3 Å². The molecule has 1 saturated heterocycles. The van der Waals surface area contributed by atoms with Gasteiger partial charge in [0.25, 0.3) is 0 Å². The molecular formula is C12H12N2O2S2. The van der Waals surface area contributed by atoms with Crippen LogP contribution in [0, 0.1) is 0 Å². The number of hydrogen-bond donors (Lipinski definition) is 1. The van der Waals surface area contributed by atoms with Gasteiger partial charge in [0.05, 0.1) is 5.75 Å². The molecule has 18 heavy (non-hydrogen) atoms. The number of carbonyl (C=O) groups excluding carboxylic acids is 2. The zero-order valence-corrected chi connectivity index (χ0v) is 11.2. The molecule has 0 bridgehead atoms. The van der Waals surface area contributed by atoms with Gasteiger partial charge >= 0.3 is 0 Å². The SMILES string of the molecule is O=C(CN1C(=O)CSC1=S)NCc1ccccc1. The lowest BCUT2D eigenvalue weighted by Crippen LogP contribution is -2.39. The Morgan fingerprint density at radius 3 is 2.72 bits per heavy atom. The molecule has 2 amide bonds. The number of nitrogens with one attached hydrogen (secondary N) is 1. The van der Waals surface area contributed by atoms with E-state index >= 15 is 0 Å². The van der Waals surface area contributed by atoms with Gasteiger partial charge in [-0.1, -0.05) is 54.3 Å². The molecule has 0 aromatic heterocycles. The summed E-state index contributed by atoms with van der Waals surface area (Å²) in [6, 6.07) is 9.61. The normalized spacial score (nSPS) is 15.0. The van der Waals surface area contributed by atoms with Gasteiger partial charge in [-0.15, -0.1) is 0 Å². The van der Waals surface area contributed by atoms with E-state index < -0.39 is 0 Å². The quantitative estimate of drug-likeness (QED) is 0.841. The number of hydrogen-bond acceptors (Lipinski definition) is 4. The van der Waals surface area contributed by atoms with Crippen molar-refractivity contribution in [1.82, 2.24) is 10.2 Å². The van der Waals surface area contributed by atoms with Gasteiger partial charge in [0.1, 0.15) is 10.9 Å². The monoisotopic (exact) mass is 280 g/mol. The number of carbonyl (C=O) groups is 2. The molecule has 1 aromatic carbocycles. The number of amides is 2. The molecule has 0 radical (unpaired) electrons. The second-order valence-electron chi connectivity index (χ2n) is 3.80. The predicted octanol–water partition coefficient (Wildman–Crippen LogP) is 1.16. The van der Waals surface area contributed by atoms with Crippen LogP contribution in [0.4, 0.5) is 0 Å². The fraction of sp³-hybridized carbons (Fsp3) is 0.250. The van der Waals surface area contributed by atoms with Gasteiger partial charge in [-0.25, -0.2) is 0 Å². The maximum atomic E-state index is 11.7. The Kier molecular flexibility index (Phi) is 4.33. The highest BCUT2D eigenvalue weighted by Gasteiger charge is 2.28. The fourth-order valence-corrected chi connectivity index (χ4v) is 2.60. The van der Waals surface area contributed by atoms with Crippen molar-refractivity contribution in [2.45, 2.75) is 6.54 Å². The summed E-state index contributed by atoms with van der Waals surface area (Å²) in [7, 11) is 0. The van der Waals surface area contributed by atoms with Gasteiger partial charge in [0.15, 0.2) is 0 Å². The lowest BCUT2D eigenvalue weighted by molar-refractivity contribution is -0.129. The molecule has 1 heterocycles. The van der Waals surface area contributed by atoms with Crippen LogP contribution in [0.25, 0.3) is 0 Å². The summed E-state index contributed by atoms with van der Waals surface area (Å²) in [5.74, 6) is 0.0436. The van der Waals surface area contributed by atoms with E-state index in [0.29, 0.717) is 16.6 Å². The predicted molar refractivity (Wildman–Crippen MR) is 75.1 cm³/mol. The summed E-state index contributed by atoms with van der Waals surface area (Å²) in [5.41, 5.74) is 1.02. The minimum atomic E-state index is -0.197. The van der Waals surface area contributed by atoms with Crippen molar-refractivity contribution in [2.24, 2.45) is 0 Å². The molecule has 0 atom stereocenters. The van der Waals surface area contributed by atoms with Crippen LogP contribution in [-0.4, -0.2) is 33.3 Å². The van der Waals surface area contributed by atoms with Crippen LogP contribution in [0.2, 0.25) is 0 Å². The summed E-state index contributed by atoms with van der Waals surface area (Å²) in [6.45, 7) is 0.471. The molecule has 1 aliphatic rings. The molecule has 0 aliphatic carbocycles. The Morgan fingerprint density at radius 1 is 1.39 bits per heavy atom. The van der Waals surface area contributed by atoms with E-state index in [-0.39, 0.29) is 18.4 Å². The molecule has 1 aromatic rings. The Hall–Kier alpha value is -1.40. The van der Waals surface area contributed by atoms with Crippen molar-refractivity contribution >= 4 is 40.1 Å². The first kappa shape index (κ1) is 13.0. The van der Waals surface area contributed by atoms with Crippen LogP contribution in [0.1, 0.15) is 5.56 Å².